The summed E-state index contributed by atoms with van der Waals surface area (Å²) in [5.74, 6) is 2.47. The molecule has 2 saturated carbocycles. The highest BCUT2D eigenvalue weighted by Crippen LogP contribution is 2.34. The topological polar surface area (TPSA) is 85.4 Å². The fourth-order valence-electron chi connectivity index (χ4n) is 4.82. The zero-order valence-corrected chi connectivity index (χ0v) is 17.9. The Bertz CT molecular complexity index is 882. The van der Waals surface area contributed by atoms with E-state index in [1.807, 2.05) is 12.1 Å². The Morgan fingerprint density at radius 3 is 2.30 bits per heavy atom. The summed E-state index contributed by atoms with van der Waals surface area (Å²) in [5.41, 5.74) is 0.795. The van der Waals surface area contributed by atoms with Crippen LogP contribution < -0.4 is 20.1 Å². The van der Waals surface area contributed by atoms with E-state index in [1.165, 1.54) is 19.3 Å². The van der Waals surface area contributed by atoms with Crippen LogP contribution in [0.2, 0.25) is 0 Å². The molecule has 0 radical (unpaired) electrons. The average molecular weight is 413 g/mol. The van der Waals surface area contributed by atoms with Crippen molar-refractivity contribution in [2.24, 2.45) is 5.92 Å². The van der Waals surface area contributed by atoms with Gasteiger partial charge in [0.05, 0.1) is 19.7 Å². The molecule has 0 unspecified atom stereocenters. The van der Waals surface area contributed by atoms with Crippen LogP contribution in [0.25, 0.3) is 10.9 Å². The zero-order chi connectivity index (χ0) is 20.9. The van der Waals surface area contributed by atoms with Gasteiger partial charge in [-0.3, -0.25) is 4.79 Å². The van der Waals surface area contributed by atoms with Crippen molar-refractivity contribution in [3.05, 3.63) is 18.5 Å². The number of ether oxygens (including phenoxy) is 2. The fourth-order valence-corrected chi connectivity index (χ4v) is 4.82. The number of nitrogens with zero attached hydrogens (tertiary/aromatic N) is 2. The van der Waals surface area contributed by atoms with E-state index in [1.54, 1.807) is 20.5 Å². The third-order valence-electron chi connectivity index (χ3n) is 6.53. The molecule has 2 atom stereocenters. The third kappa shape index (κ3) is 4.45. The lowest BCUT2D eigenvalue weighted by Gasteiger charge is -2.34. The predicted octanol–water partition coefficient (Wildman–Crippen LogP) is 4.07. The lowest BCUT2D eigenvalue weighted by molar-refractivity contribution is -0.126. The van der Waals surface area contributed by atoms with Crippen molar-refractivity contribution in [2.45, 2.75) is 69.9 Å². The number of rotatable bonds is 6. The van der Waals surface area contributed by atoms with Crippen LogP contribution in [0, 0.1) is 5.92 Å². The Balaban J connectivity index is 1.54. The van der Waals surface area contributed by atoms with Crippen LogP contribution in [0.1, 0.15) is 57.8 Å². The number of benzene rings is 1. The third-order valence-corrected chi connectivity index (χ3v) is 6.53. The molecule has 0 saturated heterocycles. The second-order valence-corrected chi connectivity index (χ2v) is 8.43. The van der Waals surface area contributed by atoms with Crippen molar-refractivity contribution >= 4 is 22.6 Å². The van der Waals surface area contributed by atoms with Gasteiger partial charge in [0, 0.05) is 29.5 Å². The van der Waals surface area contributed by atoms with Gasteiger partial charge in [-0.05, 0) is 31.7 Å². The first kappa shape index (κ1) is 20.7. The van der Waals surface area contributed by atoms with Crippen LogP contribution in [0.4, 0.5) is 5.82 Å². The number of hydrogen-bond acceptors (Lipinski definition) is 6. The first-order valence-electron chi connectivity index (χ1n) is 11.1. The first-order chi connectivity index (χ1) is 14.7. The maximum atomic E-state index is 12.8. The van der Waals surface area contributed by atoms with Gasteiger partial charge in [0.2, 0.25) is 5.91 Å². The molecule has 1 amide bonds. The summed E-state index contributed by atoms with van der Waals surface area (Å²) in [6.07, 6.45) is 11.5. The normalized spacial score (nSPS) is 22.5. The second kappa shape index (κ2) is 9.49. The van der Waals surface area contributed by atoms with Gasteiger partial charge in [-0.25, -0.2) is 9.97 Å². The van der Waals surface area contributed by atoms with Gasteiger partial charge in [0.25, 0.3) is 0 Å². The molecule has 4 rings (SSSR count). The maximum Gasteiger partial charge on any atom is 0.223 e. The Labute approximate surface area is 178 Å². The molecule has 2 aromatic rings. The highest BCUT2D eigenvalue weighted by molar-refractivity contribution is 5.91. The minimum absolute atomic E-state index is 0.123. The highest BCUT2D eigenvalue weighted by Gasteiger charge is 2.30. The summed E-state index contributed by atoms with van der Waals surface area (Å²) in [6, 6.07) is 4.05. The van der Waals surface area contributed by atoms with E-state index in [0.29, 0.717) is 11.5 Å². The highest BCUT2D eigenvalue weighted by atomic mass is 16.5. The molecule has 2 aliphatic carbocycles. The van der Waals surface area contributed by atoms with Gasteiger partial charge < -0.3 is 20.1 Å². The van der Waals surface area contributed by atoms with E-state index in [9.17, 15) is 4.79 Å². The van der Waals surface area contributed by atoms with Gasteiger partial charge in [-0.2, -0.15) is 0 Å². The number of hydrogen-bond donors (Lipinski definition) is 2. The maximum absolute atomic E-state index is 12.8. The Hall–Kier alpha value is -2.57. The number of carbonyl (C=O) groups excluding carboxylic acids is 1. The molecule has 2 fully saturated rings. The molecule has 2 N–H and O–H groups in total. The van der Waals surface area contributed by atoms with E-state index < -0.39 is 0 Å². The second-order valence-electron chi connectivity index (χ2n) is 8.43. The number of amides is 1. The van der Waals surface area contributed by atoms with Crippen LogP contribution in [0.3, 0.4) is 0 Å². The van der Waals surface area contributed by atoms with Crippen LogP contribution in [0.5, 0.6) is 11.5 Å². The van der Waals surface area contributed by atoms with Crippen molar-refractivity contribution in [1.29, 1.82) is 0 Å². The molecule has 30 heavy (non-hydrogen) atoms. The van der Waals surface area contributed by atoms with E-state index in [4.69, 9.17) is 9.47 Å². The number of aromatic nitrogens is 2. The van der Waals surface area contributed by atoms with E-state index >= 15 is 0 Å². The van der Waals surface area contributed by atoms with Crippen LogP contribution >= 0.6 is 0 Å². The monoisotopic (exact) mass is 412 g/mol. The van der Waals surface area contributed by atoms with E-state index in [0.717, 1.165) is 55.2 Å². The lowest BCUT2D eigenvalue weighted by atomic mass is 9.86. The van der Waals surface area contributed by atoms with Crippen molar-refractivity contribution in [3.63, 3.8) is 0 Å². The van der Waals surface area contributed by atoms with Crippen molar-refractivity contribution in [1.82, 2.24) is 15.3 Å². The molecule has 2 aliphatic rings. The first-order valence-corrected chi connectivity index (χ1v) is 11.1. The van der Waals surface area contributed by atoms with Crippen LogP contribution in [-0.4, -0.2) is 42.2 Å². The quantitative estimate of drug-likeness (QED) is 0.744. The average Bonchev–Trinajstić information content (AvgIpc) is 2.80. The number of nitrogens with one attached hydrogen (secondary N) is 2. The Morgan fingerprint density at radius 1 is 0.900 bits per heavy atom. The summed E-state index contributed by atoms with van der Waals surface area (Å²) in [4.78, 5) is 21.7. The van der Waals surface area contributed by atoms with E-state index in [-0.39, 0.29) is 23.9 Å². The summed E-state index contributed by atoms with van der Waals surface area (Å²) < 4.78 is 10.9. The minimum Gasteiger partial charge on any atom is -0.493 e. The predicted molar refractivity (Wildman–Crippen MR) is 117 cm³/mol. The number of carbonyl (C=O) groups is 1. The summed E-state index contributed by atoms with van der Waals surface area (Å²) in [7, 11) is 3.24. The summed E-state index contributed by atoms with van der Waals surface area (Å²) in [6.45, 7) is 0. The summed E-state index contributed by atoms with van der Waals surface area (Å²) >= 11 is 0. The molecule has 0 aliphatic heterocycles. The standard InChI is InChI=1S/C23H32N4O3/c1-29-20-12-16-19(13-21(20)30-2)24-14-25-22(16)26-17-10-6-7-11-18(17)27-23(28)15-8-4-3-5-9-15/h12-15,17-18H,3-11H2,1-2H3,(H,27,28)(H,24,25,26)/t17-,18-/m0/s1. The van der Waals surface area contributed by atoms with Crippen molar-refractivity contribution in [3.8, 4) is 11.5 Å². The van der Waals surface area contributed by atoms with Crippen LogP contribution in [0.15, 0.2) is 18.5 Å². The van der Waals surface area contributed by atoms with Gasteiger partial charge >= 0.3 is 0 Å². The molecule has 7 heteroatoms. The Morgan fingerprint density at radius 2 is 1.57 bits per heavy atom. The molecule has 0 spiro atoms. The number of fused-ring (bicyclic) bond motifs is 1. The zero-order valence-electron chi connectivity index (χ0n) is 17.9. The van der Waals surface area contributed by atoms with Gasteiger partial charge in [-0.1, -0.05) is 32.1 Å². The van der Waals surface area contributed by atoms with Gasteiger partial charge in [0.15, 0.2) is 11.5 Å². The Kier molecular flexibility index (Phi) is 6.55. The molecule has 1 heterocycles. The van der Waals surface area contributed by atoms with Crippen LogP contribution in [-0.2, 0) is 4.79 Å². The SMILES string of the molecule is COc1cc2ncnc(N[C@H]3CCCC[C@@H]3NC(=O)C3CCCCC3)c2cc1OC. The number of methoxy groups -OCH3 is 2. The lowest BCUT2D eigenvalue weighted by Crippen LogP contribution is -2.50. The molecule has 1 aromatic carbocycles. The van der Waals surface area contributed by atoms with Gasteiger partial charge in [0.1, 0.15) is 12.1 Å². The fraction of sp³-hybridized carbons (Fsp3) is 0.609. The smallest absolute Gasteiger partial charge is 0.223 e. The largest absolute Gasteiger partial charge is 0.493 e. The molecule has 0 bridgehead atoms. The minimum atomic E-state index is 0.123. The summed E-state index contributed by atoms with van der Waals surface area (Å²) in [5, 5.41) is 7.85. The van der Waals surface area contributed by atoms with Crippen molar-refractivity contribution < 1.29 is 14.3 Å². The van der Waals surface area contributed by atoms with E-state index in [2.05, 4.69) is 20.6 Å². The molecule has 162 valence electrons. The molecule has 7 nitrogen and oxygen atoms in total. The van der Waals surface area contributed by atoms with Gasteiger partial charge in [-0.15, -0.1) is 0 Å². The molecular formula is C23H32N4O3. The number of anilines is 1. The molecular weight excluding hydrogens is 380 g/mol. The van der Waals surface area contributed by atoms with Crippen molar-refractivity contribution in [2.75, 3.05) is 19.5 Å². The molecule has 1 aromatic heterocycles.